The van der Waals surface area contributed by atoms with Gasteiger partial charge in [-0.05, 0) is 37.8 Å². The SMILES string of the molecule is C=C(C)C(=O)C=CCCCCCCCCC(=O)O.[NaH]. The molecule has 0 aromatic rings. The van der Waals surface area contributed by atoms with Crippen molar-refractivity contribution in [3.8, 4) is 0 Å². The number of hydrogen-bond donors (Lipinski definition) is 1. The van der Waals surface area contributed by atoms with E-state index in [1.165, 1.54) is 0 Å². The second-order valence-corrected chi connectivity index (χ2v) is 4.60. The molecule has 0 radical (unpaired) electrons. The summed E-state index contributed by atoms with van der Waals surface area (Å²) in [6.45, 7) is 5.29. The molecule has 0 fully saturated rings. The molecule has 1 N–H and O–H groups in total. The van der Waals surface area contributed by atoms with Gasteiger partial charge in [0, 0.05) is 6.42 Å². The Morgan fingerprint density at radius 1 is 1.05 bits per heavy atom. The van der Waals surface area contributed by atoms with Gasteiger partial charge in [-0.3, -0.25) is 9.59 Å². The molecule has 0 amide bonds. The Balaban J connectivity index is 0. The summed E-state index contributed by atoms with van der Waals surface area (Å²) in [5.74, 6) is -0.703. The van der Waals surface area contributed by atoms with E-state index < -0.39 is 5.97 Å². The van der Waals surface area contributed by atoms with E-state index >= 15 is 0 Å². The van der Waals surface area contributed by atoms with Gasteiger partial charge in [0.25, 0.3) is 0 Å². The Hall–Kier alpha value is -0.380. The van der Waals surface area contributed by atoms with E-state index in [9.17, 15) is 9.59 Å². The fourth-order valence-corrected chi connectivity index (χ4v) is 1.58. The van der Waals surface area contributed by atoms with E-state index in [0.717, 1.165) is 44.9 Å². The molecular weight excluding hydrogens is 251 g/mol. The molecule has 0 heterocycles. The van der Waals surface area contributed by atoms with Crippen LogP contribution in [0.4, 0.5) is 0 Å². The summed E-state index contributed by atoms with van der Waals surface area (Å²) in [5, 5.41) is 8.46. The van der Waals surface area contributed by atoms with E-state index in [1.54, 1.807) is 13.0 Å². The second kappa shape index (κ2) is 14.0. The minimum atomic E-state index is -0.706. The Morgan fingerprint density at radius 2 is 1.58 bits per heavy atom. The summed E-state index contributed by atoms with van der Waals surface area (Å²) in [6.07, 6.45) is 10.9. The van der Waals surface area contributed by atoms with Crippen LogP contribution in [0.3, 0.4) is 0 Å². The zero-order valence-electron chi connectivity index (χ0n) is 11.3. The van der Waals surface area contributed by atoms with Crippen molar-refractivity contribution in [1.29, 1.82) is 0 Å². The minimum absolute atomic E-state index is 0. The molecule has 0 aromatic heterocycles. The van der Waals surface area contributed by atoms with Gasteiger partial charge < -0.3 is 5.11 Å². The third-order valence-corrected chi connectivity index (χ3v) is 2.70. The molecule has 4 heteroatoms. The van der Waals surface area contributed by atoms with Gasteiger partial charge in [0.05, 0.1) is 0 Å². The van der Waals surface area contributed by atoms with Gasteiger partial charge in [0.15, 0.2) is 5.78 Å². The number of ketones is 1. The molecular formula is C15H25NaO3. The van der Waals surface area contributed by atoms with Crippen LogP contribution in [-0.4, -0.2) is 46.4 Å². The monoisotopic (exact) mass is 276 g/mol. The molecule has 0 bridgehead atoms. The van der Waals surface area contributed by atoms with Crippen LogP contribution in [0.2, 0.25) is 0 Å². The van der Waals surface area contributed by atoms with E-state index in [-0.39, 0.29) is 41.8 Å². The summed E-state index contributed by atoms with van der Waals surface area (Å²) in [4.78, 5) is 21.4. The molecule has 3 nitrogen and oxygen atoms in total. The Kier molecular flexibility index (Phi) is 15.5. The van der Waals surface area contributed by atoms with Gasteiger partial charge in [0.1, 0.15) is 0 Å². The molecule has 0 rings (SSSR count). The predicted molar refractivity (Wildman–Crippen MR) is 80.7 cm³/mol. The number of carbonyl (C=O) groups is 2. The van der Waals surface area contributed by atoms with E-state index in [1.807, 2.05) is 6.08 Å². The second-order valence-electron chi connectivity index (χ2n) is 4.60. The first-order valence-corrected chi connectivity index (χ1v) is 6.62. The fraction of sp³-hybridized carbons (Fsp3) is 0.600. The van der Waals surface area contributed by atoms with Crippen molar-refractivity contribution in [3.05, 3.63) is 24.3 Å². The topological polar surface area (TPSA) is 54.4 Å². The zero-order chi connectivity index (χ0) is 13.8. The molecule has 0 aliphatic carbocycles. The van der Waals surface area contributed by atoms with Crippen molar-refractivity contribution in [3.63, 3.8) is 0 Å². The third-order valence-electron chi connectivity index (χ3n) is 2.70. The van der Waals surface area contributed by atoms with Gasteiger partial charge >= 0.3 is 35.5 Å². The summed E-state index contributed by atoms with van der Waals surface area (Å²) >= 11 is 0. The van der Waals surface area contributed by atoms with Crippen molar-refractivity contribution >= 4 is 41.3 Å². The Morgan fingerprint density at radius 3 is 2.11 bits per heavy atom. The van der Waals surface area contributed by atoms with Gasteiger partial charge in [-0.1, -0.05) is 38.3 Å². The third kappa shape index (κ3) is 15.6. The summed E-state index contributed by atoms with van der Waals surface area (Å²) < 4.78 is 0. The number of carboxylic acids is 1. The van der Waals surface area contributed by atoms with Crippen LogP contribution in [0.1, 0.15) is 58.3 Å². The van der Waals surface area contributed by atoms with Gasteiger partial charge in [-0.25, -0.2) is 0 Å². The number of aliphatic carboxylic acids is 1. The first-order chi connectivity index (χ1) is 8.54. The standard InChI is InChI=1S/C15H24O3.Na.H/c1-13(2)14(16)11-9-7-5-3-4-6-8-10-12-15(17)18;;/h9,11H,1,3-8,10,12H2,2H3,(H,17,18);;. The normalized spacial score (nSPS) is 10.2. The number of carbonyl (C=O) groups excluding carboxylic acids is 1. The van der Waals surface area contributed by atoms with Crippen LogP contribution < -0.4 is 0 Å². The van der Waals surface area contributed by atoms with E-state index in [0.29, 0.717) is 5.57 Å². The van der Waals surface area contributed by atoms with Gasteiger partial charge in [0.2, 0.25) is 0 Å². The Bertz CT molecular complexity index is 309. The number of allylic oxidation sites excluding steroid dienone is 3. The average molecular weight is 276 g/mol. The first kappa shape index (κ1) is 20.9. The van der Waals surface area contributed by atoms with Crippen LogP contribution in [0, 0.1) is 0 Å². The number of unbranched alkanes of at least 4 members (excludes halogenated alkanes) is 6. The molecule has 19 heavy (non-hydrogen) atoms. The predicted octanol–water partition coefficient (Wildman–Crippen LogP) is 3.24. The van der Waals surface area contributed by atoms with Crippen molar-refractivity contribution in [2.45, 2.75) is 58.3 Å². The fourth-order valence-electron chi connectivity index (χ4n) is 1.58. The molecule has 0 spiro atoms. The van der Waals surface area contributed by atoms with Crippen LogP contribution >= 0.6 is 0 Å². The summed E-state index contributed by atoms with van der Waals surface area (Å²) in [7, 11) is 0. The van der Waals surface area contributed by atoms with Crippen molar-refractivity contribution in [2.24, 2.45) is 0 Å². The van der Waals surface area contributed by atoms with Crippen molar-refractivity contribution in [2.75, 3.05) is 0 Å². The van der Waals surface area contributed by atoms with Crippen LogP contribution in [0.5, 0.6) is 0 Å². The maximum atomic E-state index is 11.2. The van der Waals surface area contributed by atoms with E-state index in [4.69, 9.17) is 5.11 Å². The van der Waals surface area contributed by atoms with Gasteiger partial charge in [-0.15, -0.1) is 0 Å². The number of carboxylic acid groups (broad SMARTS) is 1. The summed E-state index contributed by atoms with van der Waals surface area (Å²) in [5.41, 5.74) is 0.574. The Labute approximate surface area is 138 Å². The van der Waals surface area contributed by atoms with Crippen molar-refractivity contribution in [1.82, 2.24) is 0 Å². The summed E-state index contributed by atoms with van der Waals surface area (Å²) in [6, 6.07) is 0. The van der Waals surface area contributed by atoms with Crippen LogP contribution in [0.25, 0.3) is 0 Å². The molecule has 0 atom stereocenters. The molecule has 0 aliphatic heterocycles. The van der Waals surface area contributed by atoms with Gasteiger partial charge in [-0.2, -0.15) is 0 Å². The van der Waals surface area contributed by atoms with Crippen LogP contribution in [0.15, 0.2) is 24.3 Å². The van der Waals surface area contributed by atoms with Crippen molar-refractivity contribution < 1.29 is 14.7 Å². The molecule has 0 saturated heterocycles. The molecule has 0 aliphatic rings. The maximum absolute atomic E-state index is 11.2. The average Bonchev–Trinajstić information content (AvgIpc) is 2.30. The number of hydrogen-bond acceptors (Lipinski definition) is 2. The molecule has 0 saturated carbocycles. The van der Waals surface area contributed by atoms with E-state index in [2.05, 4.69) is 6.58 Å². The molecule has 104 valence electrons. The molecule has 0 unspecified atom stereocenters. The number of rotatable bonds is 11. The quantitative estimate of drug-likeness (QED) is 0.358. The first-order valence-electron chi connectivity index (χ1n) is 6.62. The zero-order valence-corrected chi connectivity index (χ0v) is 11.3. The van der Waals surface area contributed by atoms with Crippen LogP contribution in [-0.2, 0) is 9.59 Å². The molecule has 0 aromatic carbocycles.